The first-order valence-electron chi connectivity index (χ1n) is 25.7. The molecule has 5 N–H and O–H groups in total. The second kappa shape index (κ2) is 28.7. The first kappa shape index (κ1) is 55.1. The van der Waals surface area contributed by atoms with E-state index in [-0.39, 0.29) is 54.6 Å². The van der Waals surface area contributed by atoms with Gasteiger partial charge in [0.2, 0.25) is 11.8 Å². The summed E-state index contributed by atoms with van der Waals surface area (Å²) in [5, 5.41) is 11.7. The Morgan fingerprint density at radius 1 is 0.716 bits per heavy atom. The van der Waals surface area contributed by atoms with E-state index in [1.807, 2.05) is 49.5 Å². The van der Waals surface area contributed by atoms with Crippen LogP contribution < -0.4 is 31.7 Å². The second-order valence-corrected chi connectivity index (χ2v) is 18.4. The second-order valence-electron chi connectivity index (χ2n) is 18.4. The van der Waals surface area contributed by atoms with E-state index in [0.717, 1.165) is 90.1 Å². The van der Waals surface area contributed by atoms with Crippen LogP contribution in [0, 0.1) is 5.92 Å². The predicted molar refractivity (Wildman–Crippen MR) is 282 cm³/mol. The SMILES string of the molecule is CCc1cccc(-c2cnc(C(=O)NCCOCCOCCOCCOCCNC(=O)c3ccc(N4CCN(Cc5cnc6cc(CC)c(=O)[nH]c6c5)CC4)cn3)c(NC(=O)CNC[C@H]3CCN(C)C(=O)C3)c2)c1. The Kier molecular flexibility index (Phi) is 21.4. The number of aromatic nitrogens is 4. The number of likely N-dealkylation sites (tertiary alicyclic amines) is 1. The van der Waals surface area contributed by atoms with Crippen LogP contribution in [0.3, 0.4) is 0 Å². The van der Waals surface area contributed by atoms with Crippen molar-refractivity contribution in [1.29, 1.82) is 0 Å². The van der Waals surface area contributed by atoms with Gasteiger partial charge in [0.1, 0.15) is 5.69 Å². The van der Waals surface area contributed by atoms with E-state index in [2.05, 4.69) is 64.0 Å². The normalized spacial score (nSPS) is 15.1. The molecule has 2 saturated heterocycles. The molecule has 4 aromatic heterocycles. The van der Waals surface area contributed by atoms with Crippen LogP contribution in [-0.4, -0.2) is 172 Å². The Morgan fingerprint density at radius 2 is 1.43 bits per heavy atom. The van der Waals surface area contributed by atoms with E-state index in [1.54, 1.807) is 36.5 Å². The number of ether oxygens (including phenoxy) is 4. The number of pyridine rings is 4. The van der Waals surface area contributed by atoms with Gasteiger partial charge in [-0.15, -0.1) is 0 Å². The molecule has 6 heterocycles. The highest BCUT2D eigenvalue weighted by molar-refractivity contribution is 6.03. The van der Waals surface area contributed by atoms with Gasteiger partial charge in [0, 0.05) is 89.3 Å². The van der Waals surface area contributed by atoms with Gasteiger partial charge in [-0.3, -0.25) is 33.9 Å². The van der Waals surface area contributed by atoms with E-state index < -0.39 is 5.91 Å². The van der Waals surface area contributed by atoms with E-state index in [9.17, 15) is 24.0 Å². The maximum Gasteiger partial charge on any atom is 0.272 e. The molecule has 0 unspecified atom stereocenters. The summed E-state index contributed by atoms with van der Waals surface area (Å²) >= 11 is 0. The van der Waals surface area contributed by atoms with Gasteiger partial charge < -0.3 is 55.0 Å². The zero-order valence-corrected chi connectivity index (χ0v) is 42.9. The van der Waals surface area contributed by atoms with Gasteiger partial charge in [0.15, 0.2) is 5.69 Å². The van der Waals surface area contributed by atoms with Gasteiger partial charge in [0.25, 0.3) is 17.4 Å². The Balaban J connectivity index is 0.699. The molecule has 0 saturated carbocycles. The van der Waals surface area contributed by atoms with Crippen molar-refractivity contribution in [3.8, 4) is 11.1 Å². The van der Waals surface area contributed by atoms with Crippen molar-refractivity contribution in [2.24, 2.45) is 5.92 Å². The Labute approximate surface area is 432 Å². The minimum Gasteiger partial charge on any atom is -0.377 e. The summed E-state index contributed by atoms with van der Waals surface area (Å²) in [4.78, 5) is 86.3. The number of piperidine rings is 1. The number of aryl methyl sites for hydroxylation is 2. The topological polar surface area (TPSA) is 235 Å². The minimum atomic E-state index is -0.445. The van der Waals surface area contributed by atoms with Crippen molar-refractivity contribution in [1.82, 2.24) is 45.7 Å². The molecule has 20 heteroatoms. The number of benzene rings is 1. The predicted octanol–water partition coefficient (Wildman–Crippen LogP) is 3.45. The molecular formula is C54H71N11O9. The highest BCUT2D eigenvalue weighted by atomic mass is 16.6. The van der Waals surface area contributed by atoms with Gasteiger partial charge in [-0.05, 0) is 78.7 Å². The van der Waals surface area contributed by atoms with Gasteiger partial charge in [0.05, 0.1) is 88.0 Å². The molecule has 1 aromatic carbocycles. The van der Waals surface area contributed by atoms with Crippen molar-refractivity contribution in [2.75, 3.05) is 129 Å². The van der Waals surface area contributed by atoms with Crippen LogP contribution in [0.1, 0.15) is 64.4 Å². The number of fused-ring (bicyclic) bond motifs is 1. The molecule has 0 bridgehead atoms. The average molecular weight is 1020 g/mol. The molecule has 2 aliphatic heterocycles. The number of aromatic amines is 1. The number of piperazine rings is 1. The first-order chi connectivity index (χ1) is 36.1. The summed E-state index contributed by atoms with van der Waals surface area (Å²) in [6, 6.07) is 17.4. The molecule has 74 heavy (non-hydrogen) atoms. The van der Waals surface area contributed by atoms with Crippen molar-refractivity contribution < 1.29 is 38.1 Å². The van der Waals surface area contributed by atoms with Crippen LogP contribution >= 0.6 is 0 Å². The molecular weight excluding hydrogens is 947 g/mol. The molecule has 396 valence electrons. The molecule has 2 aliphatic rings. The number of H-pyrrole nitrogens is 1. The number of hydrogen-bond donors (Lipinski definition) is 5. The molecule has 2 fully saturated rings. The smallest absolute Gasteiger partial charge is 0.272 e. The summed E-state index contributed by atoms with van der Waals surface area (Å²) in [6.45, 7) is 12.7. The van der Waals surface area contributed by atoms with Crippen LogP contribution in [0.5, 0.6) is 0 Å². The summed E-state index contributed by atoms with van der Waals surface area (Å²) in [5.41, 5.74) is 7.84. The van der Waals surface area contributed by atoms with Crippen molar-refractivity contribution in [3.63, 3.8) is 0 Å². The van der Waals surface area contributed by atoms with Crippen molar-refractivity contribution in [3.05, 3.63) is 112 Å². The fourth-order valence-electron chi connectivity index (χ4n) is 8.69. The van der Waals surface area contributed by atoms with Crippen LogP contribution in [0.4, 0.5) is 11.4 Å². The third kappa shape index (κ3) is 16.7. The fraction of sp³-hybridized carbons (Fsp3) is 0.481. The average Bonchev–Trinajstić information content (AvgIpc) is 3.41. The van der Waals surface area contributed by atoms with Crippen LogP contribution in [0.2, 0.25) is 0 Å². The Morgan fingerprint density at radius 3 is 2.11 bits per heavy atom. The number of nitrogens with zero attached hydrogens (tertiary/aromatic N) is 6. The number of anilines is 2. The number of carbonyl (C=O) groups is 4. The third-order valence-electron chi connectivity index (χ3n) is 13.0. The number of amides is 4. The number of nitrogens with one attached hydrogen (secondary N) is 5. The molecule has 7 rings (SSSR count). The van der Waals surface area contributed by atoms with Gasteiger partial charge >= 0.3 is 0 Å². The summed E-state index contributed by atoms with van der Waals surface area (Å²) < 4.78 is 22.4. The quantitative estimate of drug-likeness (QED) is 0.0452. The van der Waals surface area contributed by atoms with E-state index in [0.29, 0.717) is 90.1 Å². The standard InChI is InChI=1S/C54H71N11O9/c1-4-38-7-6-8-42(27-38)43-31-48(61-49(66)36-55-32-39-11-14-63(3)50(67)29-39)51(60-34-43)54(70)57-13-20-72-22-24-74-26-25-73-23-21-71-19-12-56-53(69)45-10-9-44(35-59-45)65-17-15-64(16-18-65)37-40-28-47-46(58-33-40)30-41(5-2)52(68)62-47/h6-10,27-28,30-31,33-35,39,55H,4-5,11-26,29,32,36-37H2,1-3H3,(H,56,69)(H,57,70)(H,61,66)(H,62,68)/t39-/m0/s1. The largest absolute Gasteiger partial charge is 0.377 e. The highest BCUT2D eigenvalue weighted by Gasteiger charge is 2.24. The maximum atomic E-state index is 13.3. The molecule has 4 amide bonds. The van der Waals surface area contributed by atoms with Gasteiger partial charge in [-0.2, -0.15) is 0 Å². The minimum absolute atomic E-state index is 0.0229. The van der Waals surface area contributed by atoms with Gasteiger partial charge in [-0.25, -0.2) is 9.97 Å². The van der Waals surface area contributed by atoms with Crippen LogP contribution in [0.15, 0.2) is 78.0 Å². The number of rotatable bonds is 28. The molecule has 5 aromatic rings. The summed E-state index contributed by atoms with van der Waals surface area (Å²) in [5.74, 6) is -0.757. The summed E-state index contributed by atoms with van der Waals surface area (Å²) in [7, 11) is 1.80. The third-order valence-corrected chi connectivity index (χ3v) is 13.0. The van der Waals surface area contributed by atoms with E-state index >= 15 is 0 Å². The Bertz CT molecular complexity index is 2700. The number of carbonyl (C=O) groups excluding carboxylic acids is 4. The molecule has 0 spiro atoms. The Hall–Kier alpha value is -6.68. The molecule has 1 atom stereocenters. The monoisotopic (exact) mass is 1020 g/mol. The molecule has 20 nitrogen and oxygen atoms in total. The first-order valence-corrected chi connectivity index (χ1v) is 25.7. The summed E-state index contributed by atoms with van der Waals surface area (Å²) in [6.07, 6.45) is 8.12. The lowest BCUT2D eigenvalue weighted by Crippen LogP contribution is -2.46. The molecule has 0 radical (unpaired) electrons. The van der Waals surface area contributed by atoms with Crippen LogP contribution in [-0.2, 0) is 47.9 Å². The van der Waals surface area contributed by atoms with Crippen molar-refractivity contribution >= 4 is 46.0 Å². The molecule has 0 aliphatic carbocycles. The maximum absolute atomic E-state index is 13.3. The van der Waals surface area contributed by atoms with Crippen molar-refractivity contribution in [2.45, 2.75) is 46.1 Å². The zero-order chi connectivity index (χ0) is 52.1. The van der Waals surface area contributed by atoms with Gasteiger partial charge in [-0.1, -0.05) is 38.1 Å². The van der Waals surface area contributed by atoms with Crippen LogP contribution in [0.25, 0.3) is 22.2 Å². The zero-order valence-electron chi connectivity index (χ0n) is 42.9. The fourth-order valence-corrected chi connectivity index (χ4v) is 8.69. The lowest BCUT2D eigenvalue weighted by Gasteiger charge is -2.36. The van der Waals surface area contributed by atoms with E-state index in [1.165, 1.54) is 0 Å². The lowest BCUT2D eigenvalue weighted by atomic mass is 9.96. The number of hydrogen-bond acceptors (Lipinski definition) is 15. The lowest BCUT2D eigenvalue weighted by molar-refractivity contribution is -0.133. The van der Waals surface area contributed by atoms with E-state index in [4.69, 9.17) is 18.9 Å². The highest BCUT2D eigenvalue weighted by Crippen LogP contribution is 2.26.